The van der Waals surface area contributed by atoms with Crippen LogP contribution in [-0.4, -0.2) is 32.0 Å². The molecule has 0 spiro atoms. The summed E-state index contributed by atoms with van der Waals surface area (Å²) in [5.41, 5.74) is 5.00. The van der Waals surface area contributed by atoms with Gasteiger partial charge in [0.05, 0.1) is 25.2 Å². The number of ether oxygens (including phenoxy) is 2. The Hall–Kier alpha value is -1.69. The van der Waals surface area contributed by atoms with Gasteiger partial charge in [0.2, 0.25) is 0 Å². The molecule has 0 aromatic heterocycles. The van der Waals surface area contributed by atoms with E-state index < -0.39 is 24.1 Å². The fourth-order valence-corrected chi connectivity index (χ4v) is 2.83. The molecule has 0 aliphatic carbocycles. The van der Waals surface area contributed by atoms with Crippen LogP contribution in [0.25, 0.3) is 0 Å². The Balaban J connectivity index is 2.13. The average Bonchev–Trinajstić information content (AvgIpc) is 2.77. The molecule has 1 saturated heterocycles. The molecule has 1 aromatic rings. The molecular formula is C13H14F2N2O2. The molecule has 0 bridgehead atoms. The predicted molar refractivity (Wildman–Crippen MR) is 64.9 cm³/mol. The van der Waals surface area contributed by atoms with Crippen molar-refractivity contribution in [1.29, 1.82) is 0 Å². The zero-order valence-electron chi connectivity index (χ0n) is 10.2. The fraction of sp³-hybridized carbons (Fsp3) is 0.462. The Morgan fingerprint density at radius 1 is 1.42 bits per heavy atom. The number of hydrogen-bond acceptors (Lipinski definition) is 4. The minimum Gasteiger partial charge on any atom is -0.465 e. The maximum Gasteiger partial charge on any atom is 0.282 e. The number of fused-ring (bicyclic) bond motifs is 1. The highest BCUT2D eigenvalue weighted by Crippen LogP contribution is 2.45. The minimum atomic E-state index is -0.982. The minimum absolute atomic E-state index is 0.0115. The lowest BCUT2D eigenvalue weighted by atomic mass is 9.78. The van der Waals surface area contributed by atoms with E-state index in [4.69, 9.17) is 15.2 Å². The molecule has 4 nitrogen and oxygen atoms in total. The van der Waals surface area contributed by atoms with Crippen LogP contribution in [0.3, 0.4) is 0 Å². The third-order valence-electron chi connectivity index (χ3n) is 3.79. The molecular weight excluding hydrogens is 254 g/mol. The van der Waals surface area contributed by atoms with E-state index in [9.17, 15) is 8.78 Å². The second kappa shape index (κ2) is 4.45. The summed E-state index contributed by atoms with van der Waals surface area (Å²) in [7, 11) is 0. The van der Waals surface area contributed by atoms with Crippen LogP contribution in [0, 0.1) is 11.7 Å². The molecule has 3 rings (SSSR count). The monoisotopic (exact) mass is 268 g/mol. The van der Waals surface area contributed by atoms with Gasteiger partial charge >= 0.3 is 0 Å². The summed E-state index contributed by atoms with van der Waals surface area (Å²) in [6.07, 6.45) is -0.642. The van der Waals surface area contributed by atoms with Crippen LogP contribution in [0.1, 0.15) is 5.56 Å². The Kier molecular flexibility index (Phi) is 2.89. The number of amidine groups is 1. The number of alkyl halides is 1. The molecule has 2 N–H and O–H groups in total. The number of halogens is 2. The number of rotatable bonds is 2. The molecule has 0 unspecified atom stereocenters. The molecule has 0 amide bonds. The Morgan fingerprint density at radius 3 is 2.95 bits per heavy atom. The Morgan fingerprint density at radius 2 is 2.21 bits per heavy atom. The van der Waals surface area contributed by atoms with Gasteiger partial charge in [0.15, 0.2) is 0 Å². The summed E-state index contributed by atoms with van der Waals surface area (Å²) in [6.45, 7) is -0.366. The van der Waals surface area contributed by atoms with E-state index in [1.165, 1.54) is 6.07 Å². The smallest absolute Gasteiger partial charge is 0.282 e. The normalized spacial score (nSPS) is 33.5. The molecule has 0 radical (unpaired) electrons. The highest BCUT2D eigenvalue weighted by Gasteiger charge is 2.54. The molecule has 0 saturated carbocycles. The highest BCUT2D eigenvalue weighted by atomic mass is 19.1. The molecule has 2 aliphatic rings. The molecule has 3 atom stereocenters. The van der Waals surface area contributed by atoms with Crippen molar-refractivity contribution in [3.8, 4) is 0 Å². The summed E-state index contributed by atoms with van der Waals surface area (Å²) < 4.78 is 37.7. The first-order chi connectivity index (χ1) is 9.17. The largest absolute Gasteiger partial charge is 0.465 e. The summed E-state index contributed by atoms with van der Waals surface area (Å²) >= 11 is 0. The van der Waals surface area contributed by atoms with Crippen LogP contribution in [0.2, 0.25) is 0 Å². The Labute approximate surface area is 109 Å². The average molecular weight is 268 g/mol. The van der Waals surface area contributed by atoms with Crippen molar-refractivity contribution in [1.82, 2.24) is 0 Å². The van der Waals surface area contributed by atoms with Crippen molar-refractivity contribution in [2.45, 2.75) is 11.6 Å². The molecule has 19 heavy (non-hydrogen) atoms. The first kappa shape index (κ1) is 12.3. The van der Waals surface area contributed by atoms with Crippen LogP contribution in [0.4, 0.5) is 8.78 Å². The quantitative estimate of drug-likeness (QED) is 0.881. The van der Waals surface area contributed by atoms with Crippen LogP contribution in [0.5, 0.6) is 0 Å². The zero-order valence-corrected chi connectivity index (χ0v) is 10.2. The third kappa shape index (κ3) is 1.78. The van der Waals surface area contributed by atoms with Gasteiger partial charge in [-0.3, -0.25) is 0 Å². The molecule has 2 heterocycles. The van der Waals surface area contributed by atoms with Crippen molar-refractivity contribution < 1.29 is 18.3 Å². The molecule has 1 aromatic carbocycles. The van der Waals surface area contributed by atoms with Crippen LogP contribution >= 0.6 is 0 Å². The van der Waals surface area contributed by atoms with E-state index in [0.717, 1.165) is 0 Å². The van der Waals surface area contributed by atoms with Gasteiger partial charge in [-0.05, 0) is 6.07 Å². The van der Waals surface area contributed by atoms with Gasteiger partial charge < -0.3 is 15.2 Å². The lowest BCUT2D eigenvalue weighted by Gasteiger charge is -2.35. The lowest BCUT2D eigenvalue weighted by Crippen LogP contribution is -2.45. The summed E-state index contributed by atoms with van der Waals surface area (Å²) in [6, 6.07) is 6.29. The van der Waals surface area contributed by atoms with Crippen molar-refractivity contribution >= 4 is 6.02 Å². The van der Waals surface area contributed by atoms with E-state index in [1.807, 2.05) is 0 Å². The van der Waals surface area contributed by atoms with Gasteiger partial charge in [0, 0.05) is 5.56 Å². The van der Waals surface area contributed by atoms with E-state index in [-0.39, 0.29) is 25.2 Å². The van der Waals surface area contributed by atoms with Gasteiger partial charge in [-0.15, -0.1) is 0 Å². The molecule has 6 heteroatoms. The van der Waals surface area contributed by atoms with E-state index in [2.05, 4.69) is 4.99 Å². The van der Waals surface area contributed by atoms with Crippen molar-refractivity contribution in [2.75, 3.05) is 19.9 Å². The zero-order chi connectivity index (χ0) is 13.5. The van der Waals surface area contributed by atoms with Crippen LogP contribution in [0.15, 0.2) is 29.3 Å². The predicted octanol–water partition coefficient (Wildman–Crippen LogP) is 1.35. The topological polar surface area (TPSA) is 56.8 Å². The number of hydrogen-bond donors (Lipinski definition) is 1. The number of aliphatic imine (C=N–C) groups is 1. The third-order valence-corrected chi connectivity index (χ3v) is 3.79. The van der Waals surface area contributed by atoms with E-state index in [1.54, 1.807) is 18.2 Å². The van der Waals surface area contributed by atoms with Crippen LogP contribution < -0.4 is 5.73 Å². The van der Waals surface area contributed by atoms with Crippen molar-refractivity contribution in [2.24, 2.45) is 16.6 Å². The van der Waals surface area contributed by atoms with Crippen molar-refractivity contribution in [3.05, 3.63) is 35.6 Å². The van der Waals surface area contributed by atoms with E-state index >= 15 is 0 Å². The van der Waals surface area contributed by atoms with Crippen LogP contribution in [-0.2, 0) is 15.0 Å². The standard InChI is InChI=1S/C13H14F2N2O2/c14-5-11-9-6-18-12(16)17-13(9,7-19-11)8-3-1-2-4-10(8)15/h1-4,9,11H,5-7H2,(H2,16,17)/t9-,11-,13-/m1/s1. The number of nitrogens with zero attached hydrogens (tertiary/aromatic N) is 1. The van der Waals surface area contributed by atoms with Gasteiger partial charge in [0.1, 0.15) is 18.0 Å². The molecule has 102 valence electrons. The number of nitrogens with two attached hydrogens (primary N) is 1. The first-order valence-electron chi connectivity index (χ1n) is 6.08. The first-order valence-corrected chi connectivity index (χ1v) is 6.08. The lowest BCUT2D eigenvalue weighted by molar-refractivity contribution is 0.0528. The number of benzene rings is 1. The second-order valence-corrected chi connectivity index (χ2v) is 4.78. The fourth-order valence-electron chi connectivity index (χ4n) is 2.83. The summed E-state index contributed by atoms with van der Waals surface area (Å²) in [4.78, 5) is 4.25. The second-order valence-electron chi connectivity index (χ2n) is 4.78. The maximum absolute atomic E-state index is 14.1. The Bertz CT molecular complexity index is 523. The SMILES string of the molecule is NC1=N[C@@]2(c3ccccc3F)CO[C@H](CF)[C@H]2CO1. The molecule has 2 aliphatic heterocycles. The van der Waals surface area contributed by atoms with Gasteiger partial charge in [-0.25, -0.2) is 13.8 Å². The van der Waals surface area contributed by atoms with Gasteiger partial charge in [0.25, 0.3) is 6.02 Å². The molecule has 1 fully saturated rings. The van der Waals surface area contributed by atoms with Gasteiger partial charge in [-0.1, -0.05) is 18.2 Å². The van der Waals surface area contributed by atoms with Crippen molar-refractivity contribution in [3.63, 3.8) is 0 Å². The summed E-state index contributed by atoms with van der Waals surface area (Å²) in [5, 5.41) is 0. The summed E-state index contributed by atoms with van der Waals surface area (Å²) in [5.74, 6) is -0.768. The van der Waals surface area contributed by atoms with Gasteiger partial charge in [-0.2, -0.15) is 0 Å². The van der Waals surface area contributed by atoms with E-state index in [0.29, 0.717) is 5.56 Å². The maximum atomic E-state index is 14.1. The highest BCUT2D eigenvalue weighted by molar-refractivity contribution is 5.73.